The fraction of sp³-hybridized carbons (Fsp3) is 0.600. The van der Waals surface area contributed by atoms with E-state index >= 15 is 0 Å². The lowest BCUT2D eigenvalue weighted by molar-refractivity contribution is -0.142. The predicted octanol–water partition coefficient (Wildman–Crippen LogP) is -0.575. The van der Waals surface area contributed by atoms with E-state index in [-0.39, 0.29) is 50.2 Å². The topological polar surface area (TPSA) is 281 Å². The van der Waals surface area contributed by atoms with Gasteiger partial charge in [-0.3, -0.25) is 24.0 Å². The average molecular weight is 717 g/mol. The number of carboxylic acid groups (broad SMARTS) is 1. The monoisotopic (exact) mass is 716 g/mol. The molecule has 0 spiro atoms. The van der Waals surface area contributed by atoms with Gasteiger partial charge in [-0.25, -0.2) is 4.79 Å². The number of hydrogen-bond acceptors (Lipinski definition) is 10. The number of aliphatic carboxylic acids is 1. The van der Waals surface area contributed by atoms with Crippen LogP contribution in [0.4, 0.5) is 0 Å². The van der Waals surface area contributed by atoms with Crippen LogP contribution in [0.3, 0.4) is 0 Å². The van der Waals surface area contributed by atoms with Crippen LogP contribution in [-0.4, -0.2) is 95.1 Å². The van der Waals surface area contributed by atoms with Crippen molar-refractivity contribution in [2.45, 2.75) is 114 Å². The number of phenolic OH excluding ortho intramolecular Hbond substituents is 1. The summed E-state index contributed by atoms with van der Waals surface area (Å²) in [5.41, 5.74) is 18.0. The van der Waals surface area contributed by atoms with Crippen molar-refractivity contribution < 1.29 is 39.0 Å². The van der Waals surface area contributed by atoms with Crippen LogP contribution in [0.5, 0.6) is 5.75 Å². The molecule has 0 saturated heterocycles. The van der Waals surface area contributed by atoms with Gasteiger partial charge in [-0.05, 0) is 94.5 Å². The highest BCUT2D eigenvalue weighted by atomic mass is 16.4. The standard InChI is InChI=1S/C35H56N8O8/c1-21(2)19-29(35(50)51)43-34(49)28(20-22-13-15-23(44)16-14-22)42-33(48)26-10-4-3-9-24(38)30(45)39-25(11-5-7-17-36)31(46)41-27(32(47)40-26)12-6-8-18-37/h3-4,13-16,21,24-29,44H,5-12,17-20,36-38H2,1-2H3,(H,39,45)(H,40,47)(H,41,46)(H,42,48)(H,43,49)(H,50,51)/b4-3+/t24-,25-,26-,27+,28-,29-/m0/s1. The second-order valence-corrected chi connectivity index (χ2v) is 13.3. The summed E-state index contributed by atoms with van der Waals surface area (Å²) in [7, 11) is 0. The molecular formula is C35H56N8O8. The number of hydrogen-bond donors (Lipinski definition) is 10. The van der Waals surface area contributed by atoms with E-state index in [2.05, 4.69) is 26.6 Å². The molecule has 2 rings (SSSR count). The summed E-state index contributed by atoms with van der Waals surface area (Å²) >= 11 is 0. The van der Waals surface area contributed by atoms with Gasteiger partial charge in [0.15, 0.2) is 0 Å². The highest BCUT2D eigenvalue weighted by Crippen LogP contribution is 2.14. The van der Waals surface area contributed by atoms with Gasteiger partial charge in [0.1, 0.15) is 36.0 Å². The number of nitrogens with two attached hydrogens (primary N) is 3. The Morgan fingerprint density at radius 2 is 1.35 bits per heavy atom. The van der Waals surface area contributed by atoms with Crippen molar-refractivity contribution in [3.05, 3.63) is 42.0 Å². The fourth-order valence-electron chi connectivity index (χ4n) is 5.47. The van der Waals surface area contributed by atoms with Gasteiger partial charge in [-0.2, -0.15) is 0 Å². The molecule has 51 heavy (non-hydrogen) atoms. The first-order valence-electron chi connectivity index (χ1n) is 17.6. The van der Waals surface area contributed by atoms with Crippen molar-refractivity contribution in [2.75, 3.05) is 13.1 Å². The minimum absolute atomic E-state index is 0.00641. The Bertz CT molecular complexity index is 1340. The molecule has 1 aliphatic heterocycles. The highest BCUT2D eigenvalue weighted by molar-refractivity contribution is 5.96. The number of carbonyl (C=O) groups excluding carboxylic acids is 5. The number of carboxylic acids is 1. The summed E-state index contributed by atoms with van der Waals surface area (Å²) in [6.45, 7) is 4.39. The first-order valence-corrected chi connectivity index (χ1v) is 17.6. The molecule has 1 aliphatic rings. The van der Waals surface area contributed by atoms with Crippen LogP contribution in [0, 0.1) is 5.92 Å². The predicted molar refractivity (Wildman–Crippen MR) is 191 cm³/mol. The van der Waals surface area contributed by atoms with E-state index in [1.807, 2.05) is 13.8 Å². The number of amides is 5. The number of benzene rings is 1. The molecule has 0 aromatic heterocycles. The van der Waals surface area contributed by atoms with E-state index in [1.165, 1.54) is 12.1 Å². The second-order valence-electron chi connectivity index (χ2n) is 13.3. The van der Waals surface area contributed by atoms with E-state index in [9.17, 15) is 39.0 Å². The Kier molecular flexibility index (Phi) is 18.7. The molecule has 5 amide bonds. The zero-order valence-electron chi connectivity index (χ0n) is 29.6. The van der Waals surface area contributed by atoms with Crippen LogP contribution in [0.15, 0.2) is 36.4 Å². The van der Waals surface area contributed by atoms with Gasteiger partial charge in [0, 0.05) is 6.42 Å². The molecule has 0 fully saturated rings. The molecule has 1 aromatic rings. The molecule has 13 N–H and O–H groups in total. The van der Waals surface area contributed by atoms with E-state index in [0.29, 0.717) is 44.3 Å². The van der Waals surface area contributed by atoms with Gasteiger partial charge in [0.05, 0.1) is 6.04 Å². The Hall–Kier alpha value is -4.54. The molecular weight excluding hydrogens is 660 g/mol. The Morgan fingerprint density at radius 3 is 1.90 bits per heavy atom. The normalized spacial score (nSPS) is 22.0. The molecule has 1 heterocycles. The summed E-state index contributed by atoms with van der Waals surface area (Å²) in [4.78, 5) is 79.5. The number of nitrogens with one attached hydrogen (secondary N) is 5. The van der Waals surface area contributed by atoms with E-state index < -0.39 is 71.8 Å². The van der Waals surface area contributed by atoms with Gasteiger partial charge in [0.25, 0.3) is 0 Å². The van der Waals surface area contributed by atoms with Crippen LogP contribution in [0.25, 0.3) is 0 Å². The van der Waals surface area contributed by atoms with Crippen molar-refractivity contribution in [1.82, 2.24) is 26.6 Å². The van der Waals surface area contributed by atoms with Crippen LogP contribution >= 0.6 is 0 Å². The smallest absolute Gasteiger partial charge is 0.326 e. The van der Waals surface area contributed by atoms with Gasteiger partial charge in [-0.1, -0.05) is 38.1 Å². The quantitative estimate of drug-likeness (QED) is 0.0719. The lowest BCUT2D eigenvalue weighted by atomic mass is 10.0. The van der Waals surface area contributed by atoms with Gasteiger partial charge >= 0.3 is 5.97 Å². The number of rotatable bonds is 17. The van der Waals surface area contributed by atoms with Gasteiger partial charge < -0.3 is 54.0 Å². The maximum Gasteiger partial charge on any atom is 0.326 e. The maximum absolute atomic E-state index is 13.9. The zero-order valence-corrected chi connectivity index (χ0v) is 29.6. The van der Waals surface area contributed by atoms with Crippen molar-refractivity contribution in [2.24, 2.45) is 23.1 Å². The SMILES string of the molecule is CC(C)C[C@H](NC(=O)[C@H](Cc1ccc(O)cc1)NC(=O)[C@@H]1C/C=C/C[C@H](N)C(=O)N[C@@H](CCCCN)C(=O)N[C@H](CCCCN)C(=O)N1)C(=O)O. The minimum atomic E-state index is -1.27. The minimum Gasteiger partial charge on any atom is -0.508 e. The van der Waals surface area contributed by atoms with E-state index in [0.717, 1.165) is 0 Å². The van der Waals surface area contributed by atoms with E-state index in [1.54, 1.807) is 24.3 Å². The van der Waals surface area contributed by atoms with Gasteiger partial charge in [0.2, 0.25) is 29.5 Å². The highest BCUT2D eigenvalue weighted by Gasteiger charge is 2.33. The zero-order chi connectivity index (χ0) is 37.9. The Labute approximate surface area is 299 Å². The molecule has 16 heteroatoms. The van der Waals surface area contributed by atoms with Crippen molar-refractivity contribution in [3.8, 4) is 5.75 Å². The molecule has 6 atom stereocenters. The summed E-state index contributed by atoms with van der Waals surface area (Å²) in [6.07, 6.45) is 5.95. The number of aromatic hydroxyl groups is 1. The molecule has 0 saturated carbocycles. The van der Waals surface area contributed by atoms with Crippen LogP contribution in [-0.2, 0) is 35.2 Å². The third kappa shape index (κ3) is 15.5. The first-order chi connectivity index (χ1) is 24.2. The summed E-state index contributed by atoms with van der Waals surface area (Å²) in [5, 5.41) is 32.8. The lowest BCUT2D eigenvalue weighted by Gasteiger charge is -2.27. The molecule has 0 aliphatic carbocycles. The molecule has 16 nitrogen and oxygen atoms in total. The largest absolute Gasteiger partial charge is 0.508 e. The maximum atomic E-state index is 13.9. The molecule has 284 valence electrons. The molecule has 0 unspecified atom stereocenters. The Morgan fingerprint density at radius 1 is 0.804 bits per heavy atom. The third-order valence-electron chi connectivity index (χ3n) is 8.39. The van der Waals surface area contributed by atoms with Crippen LogP contribution in [0.2, 0.25) is 0 Å². The van der Waals surface area contributed by atoms with Gasteiger partial charge in [-0.15, -0.1) is 0 Å². The molecule has 1 aromatic carbocycles. The number of phenols is 1. The summed E-state index contributed by atoms with van der Waals surface area (Å²) in [5.74, 6) is -4.59. The van der Waals surface area contributed by atoms with Crippen LogP contribution in [0.1, 0.15) is 77.2 Å². The van der Waals surface area contributed by atoms with E-state index in [4.69, 9.17) is 17.2 Å². The Balaban J connectivity index is 2.43. The molecule has 0 bridgehead atoms. The summed E-state index contributed by atoms with van der Waals surface area (Å²) < 4.78 is 0. The lowest BCUT2D eigenvalue weighted by Crippen LogP contribution is -2.59. The summed E-state index contributed by atoms with van der Waals surface area (Å²) in [6, 6.07) is -0.820. The fourth-order valence-corrected chi connectivity index (χ4v) is 5.47. The van der Waals surface area contributed by atoms with Crippen molar-refractivity contribution in [3.63, 3.8) is 0 Å². The second kappa shape index (κ2) is 22.3. The van der Waals surface area contributed by atoms with Crippen molar-refractivity contribution >= 4 is 35.5 Å². The van der Waals surface area contributed by atoms with Crippen LogP contribution < -0.4 is 43.8 Å². The number of carbonyl (C=O) groups is 6. The first kappa shape index (κ1) is 42.6. The third-order valence-corrected chi connectivity index (χ3v) is 8.39. The average Bonchev–Trinajstić information content (AvgIpc) is 3.08. The van der Waals surface area contributed by atoms with Crippen molar-refractivity contribution in [1.29, 1.82) is 0 Å². The molecule has 0 radical (unpaired) electrons. The number of unbranched alkanes of at least 4 members (excludes halogenated alkanes) is 2.